The van der Waals surface area contributed by atoms with Crippen LogP contribution >= 0.6 is 11.3 Å². The zero-order valence-corrected chi connectivity index (χ0v) is 9.43. The van der Waals surface area contributed by atoms with Gasteiger partial charge in [-0.1, -0.05) is 29.0 Å². The van der Waals surface area contributed by atoms with Gasteiger partial charge in [-0.2, -0.15) is 0 Å². The van der Waals surface area contributed by atoms with Gasteiger partial charge in [0.05, 0.1) is 0 Å². The Kier molecular flexibility index (Phi) is 2.66. The van der Waals surface area contributed by atoms with Gasteiger partial charge in [-0.3, -0.25) is 5.43 Å². The number of hydrogen-bond donors (Lipinski definition) is 2. The lowest BCUT2D eigenvalue weighted by Crippen LogP contribution is -2.05. The normalized spacial score (nSPS) is 10.3. The first-order valence-electron chi connectivity index (χ1n) is 4.58. The Balaban J connectivity index is 2.48. The van der Waals surface area contributed by atoms with Gasteiger partial charge >= 0.3 is 0 Å². The maximum absolute atomic E-state index is 5.27. The predicted octanol–water partition coefficient (Wildman–Crippen LogP) is 2.11. The molecule has 0 saturated heterocycles. The van der Waals surface area contributed by atoms with Crippen molar-refractivity contribution in [2.24, 2.45) is 5.84 Å². The third kappa shape index (κ3) is 1.98. The van der Waals surface area contributed by atoms with Crippen LogP contribution in [-0.2, 0) is 0 Å². The fourth-order valence-electron chi connectivity index (χ4n) is 1.36. The lowest BCUT2D eigenvalue weighted by Gasteiger charge is -2.02. The number of nitrogen functional groups attached to an aromatic ring is 1. The molecule has 0 aliphatic heterocycles. The minimum absolute atomic E-state index is 0.630. The summed E-state index contributed by atoms with van der Waals surface area (Å²) in [6, 6.07) is 6.28. The topological polar surface area (TPSA) is 63.8 Å². The lowest BCUT2D eigenvalue weighted by atomic mass is 10.1. The highest BCUT2D eigenvalue weighted by atomic mass is 32.1. The Morgan fingerprint density at radius 2 is 2.07 bits per heavy atom. The summed E-state index contributed by atoms with van der Waals surface area (Å²) in [7, 11) is 0. The quantitative estimate of drug-likeness (QED) is 0.601. The second kappa shape index (κ2) is 3.96. The van der Waals surface area contributed by atoms with E-state index in [9.17, 15) is 0 Å². The lowest BCUT2D eigenvalue weighted by molar-refractivity contribution is 1.08. The molecule has 0 radical (unpaired) electrons. The van der Waals surface area contributed by atoms with E-state index in [1.165, 1.54) is 22.5 Å². The Labute approximate surface area is 92.1 Å². The third-order valence-corrected chi connectivity index (χ3v) is 3.06. The average Bonchev–Trinajstić information content (AvgIpc) is 2.70. The minimum atomic E-state index is 0.630. The van der Waals surface area contributed by atoms with Gasteiger partial charge in [0.25, 0.3) is 0 Å². The first-order valence-corrected chi connectivity index (χ1v) is 5.40. The smallest absolute Gasteiger partial charge is 0.220 e. The van der Waals surface area contributed by atoms with E-state index >= 15 is 0 Å². The van der Waals surface area contributed by atoms with Crippen molar-refractivity contribution in [1.82, 2.24) is 10.2 Å². The molecule has 1 heterocycles. The van der Waals surface area contributed by atoms with Gasteiger partial charge in [0.2, 0.25) is 5.13 Å². The molecule has 0 aliphatic carbocycles. The molecule has 3 N–H and O–H groups in total. The van der Waals surface area contributed by atoms with E-state index in [1.807, 2.05) is 0 Å². The molecule has 5 heteroatoms. The van der Waals surface area contributed by atoms with Crippen molar-refractivity contribution in [3.8, 4) is 10.6 Å². The predicted molar refractivity (Wildman–Crippen MR) is 62.6 cm³/mol. The van der Waals surface area contributed by atoms with Crippen LogP contribution in [0.15, 0.2) is 18.2 Å². The number of benzene rings is 1. The average molecular weight is 220 g/mol. The number of rotatable bonds is 2. The fraction of sp³-hybridized carbons (Fsp3) is 0.200. The van der Waals surface area contributed by atoms with E-state index in [0.29, 0.717) is 5.13 Å². The van der Waals surface area contributed by atoms with E-state index in [-0.39, 0.29) is 0 Å². The van der Waals surface area contributed by atoms with Crippen LogP contribution in [0.5, 0.6) is 0 Å². The van der Waals surface area contributed by atoms with Crippen LogP contribution in [0.1, 0.15) is 11.1 Å². The van der Waals surface area contributed by atoms with Crippen LogP contribution in [0.4, 0.5) is 5.13 Å². The minimum Gasteiger partial charge on any atom is -0.298 e. The Morgan fingerprint density at radius 1 is 1.27 bits per heavy atom. The van der Waals surface area contributed by atoms with Crippen molar-refractivity contribution in [3.05, 3.63) is 29.3 Å². The molecule has 0 bridgehead atoms. The summed E-state index contributed by atoms with van der Waals surface area (Å²) in [4.78, 5) is 0. The second-order valence-electron chi connectivity index (χ2n) is 3.38. The number of nitrogens with one attached hydrogen (secondary N) is 1. The van der Waals surface area contributed by atoms with Gasteiger partial charge in [-0.05, 0) is 25.5 Å². The van der Waals surface area contributed by atoms with Crippen LogP contribution in [0.2, 0.25) is 0 Å². The molecule has 1 aromatic heterocycles. The molecule has 78 valence electrons. The summed E-state index contributed by atoms with van der Waals surface area (Å²) in [5, 5.41) is 9.52. The number of hydrogen-bond acceptors (Lipinski definition) is 5. The molecule has 0 atom stereocenters. The molecule has 15 heavy (non-hydrogen) atoms. The van der Waals surface area contributed by atoms with Gasteiger partial charge < -0.3 is 0 Å². The van der Waals surface area contributed by atoms with E-state index in [0.717, 1.165) is 10.6 Å². The maximum atomic E-state index is 5.27. The van der Waals surface area contributed by atoms with Gasteiger partial charge in [-0.25, -0.2) is 5.84 Å². The van der Waals surface area contributed by atoms with E-state index < -0.39 is 0 Å². The Bertz CT molecular complexity index is 478. The summed E-state index contributed by atoms with van der Waals surface area (Å²) >= 11 is 1.45. The van der Waals surface area contributed by atoms with Crippen LogP contribution in [0.3, 0.4) is 0 Å². The van der Waals surface area contributed by atoms with Crippen molar-refractivity contribution < 1.29 is 0 Å². The summed E-state index contributed by atoms with van der Waals surface area (Å²) < 4.78 is 0. The number of hydrazine groups is 1. The van der Waals surface area contributed by atoms with Gasteiger partial charge in [-0.15, -0.1) is 10.2 Å². The van der Waals surface area contributed by atoms with E-state index in [4.69, 9.17) is 5.84 Å². The van der Waals surface area contributed by atoms with Crippen LogP contribution < -0.4 is 11.3 Å². The summed E-state index contributed by atoms with van der Waals surface area (Å²) in [5.41, 5.74) is 6.03. The van der Waals surface area contributed by atoms with Crippen molar-refractivity contribution in [2.75, 3.05) is 5.43 Å². The molecule has 0 spiro atoms. The maximum Gasteiger partial charge on any atom is 0.220 e. The number of aryl methyl sites for hydroxylation is 2. The largest absolute Gasteiger partial charge is 0.298 e. The first-order chi connectivity index (χ1) is 7.20. The molecular formula is C10H12N4S. The first kappa shape index (κ1) is 10.1. The number of anilines is 1. The van der Waals surface area contributed by atoms with Crippen LogP contribution in [0.25, 0.3) is 10.6 Å². The molecule has 0 aliphatic rings. The standard InChI is InChI=1S/C10H12N4S/c1-6-3-4-7(2)8(5-6)9-13-14-10(12-11)15-9/h3-5H,11H2,1-2H3,(H,12,14). The van der Waals surface area contributed by atoms with Crippen molar-refractivity contribution in [1.29, 1.82) is 0 Å². The molecular weight excluding hydrogens is 208 g/mol. The van der Waals surface area contributed by atoms with Crippen LogP contribution in [0, 0.1) is 13.8 Å². The second-order valence-corrected chi connectivity index (χ2v) is 4.35. The molecule has 4 nitrogen and oxygen atoms in total. The fourth-order valence-corrected chi connectivity index (χ4v) is 2.09. The molecule has 1 aromatic carbocycles. The van der Waals surface area contributed by atoms with Crippen molar-refractivity contribution >= 4 is 16.5 Å². The number of nitrogens with two attached hydrogens (primary N) is 1. The molecule has 0 fully saturated rings. The molecule has 0 unspecified atom stereocenters. The molecule has 2 rings (SSSR count). The van der Waals surface area contributed by atoms with E-state index in [2.05, 4.69) is 47.7 Å². The highest BCUT2D eigenvalue weighted by Gasteiger charge is 2.08. The SMILES string of the molecule is Cc1ccc(C)c(-c2nnc(NN)s2)c1. The molecule has 0 saturated carbocycles. The summed E-state index contributed by atoms with van der Waals surface area (Å²) in [6.45, 7) is 4.12. The Hall–Kier alpha value is -1.46. The highest BCUT2D eigenvalue weighted by molar-refractivity contribution is 7.18. The van der Waals surface area contributed by atoms with Crippen molar-refractivity contribution in [3.63, 3.8) is 0 Å². The van der Waals surface area contributed by atoms with Crippen molar-refractivity contribution in [2.45, 2.75) is 13.8 Å². The van der Waals surface area contributed by atoms with Crippen LogP contribution in [-0.4, -0.2) is 10.2 Å². The molecule has 2 aromatic rings. The Morgan fingerprint density at radius 3 is 2.73 bits per heavy atom. The van der Waals surface area contributed by atoms with E-state index in [1.54, 1.807) is 0 Å². The number of nitrogens with zero attached hydrogens (tertiary/aromatic N) is 2. The van der Waals surface area contributed by atoms with Gasteiger partial charge in [0.15, 0.2) is 0 Å². The molecule has 0 amide bonds. The zero-order valence-electron chi connectivity index (χ0n) is 8.61. The van der Waals surface area contributed by atoms with Gasteiger partial charge in [0, 0.05) is 5.56 Å². The number of aromatic nitrogens is 2. The third-order valence-electron chi connectivity index (χ3n) is 2.17. The monoisotopic (exact) mass is 220 g/mol. The van der Waals surface area contributed by atoms with Gasteiger partial charge in [0.1, 0.15) is 5.01 Å². The summed E-state index contributed by atoms with van der Waals surface area (Å²) in [6.07, 6.45) is 0. The summed E-state index contributed by atoms with van der Waals surface area (Å²) in [5.74, 6) is 5.27. The highest BCUT2D eigenvalue weighted by Crippen LogP contribution is 2.28. The zero-order chi connectivity index (χ0) is 10.8.